The molecule has 1 amide bonds. The first-order chi connectivity index (χ1) is 11.7. The first-order valence-electron chi connectivity index (χ1n) is 7.78. The summed E-state index contributed by atoms with van der Waals surface area (Å²) in [7, 11) is -3.89. The second kappa shape index (κ2) is 7.66. The van der Waals surface area contributed by atoms with Crippen LogP contribution in [-0.4, -0.2) is 32.1 Å². The third-order valence-electron chi connectivity index (χ3n) is 3.65. The van der Waals surface area contributed by atoms with Crippen molar-refractivity contribution in [2.75, 3.05) is 12.3 Å². The lowest BCUT2D eigenvalue weighted by Crippen LogP contribution is -2.45. The molecule has 0 bridgehead atoms. The van der Waals surface area contributed by atoms with Gasteiger partial charge in [-0.2, -0.15) is 4.72 Å². The fourth-order valence-electron chi connectivity index (χ4n) is 2.37. The number of benzene rings is 1. The van der Waals surface area contributed by atoms with E-state index in [1.165, 1.54) is 20.8 Å². The van der Waals surface area contributed by atoms with Gasteiger partial charge in [0.25, 0.3) is 0 Å². The lowest BCUT2D eigenvalue weighted by atomic mass is 10.1. The molecule has 1 heterocycles. The Kier molecular flexibility index (Phi) is 5.81. The highest BCUT2D eigenvalue weighted by atomic mass is 32.2. The number of amides is 1. The molecular weight excluding hydrogens is 344 g/mol. The molecule has 0 fully saturated rings. The molecule has 25 heavy (non-hydrogen) atoms. The molecule has 4 N–H and O–H groups in total. The van der Waals surface area contributed by atoms with Crippen LogP contribution < -0.4 is 15.8 Å². The average Bonchev–Trinajstić information content (AvgIpc) is 2.88. The number of anilines is 1. The number of carbonyl (C=O) groups excluding carboxylic acids is 1. The Hall–Kier alpha value is -2.39. The largest absolute Gasteiger partial charge is 0.399 e. The number of sulfonamides is 1. The van der Waals surface area contributed by atoms with Gasteiger partial charge in [-0.3, -0.25) is 4.79 Å². The zero-order valence-electron chi connectivity index (χ0n) is 14.4. The standard InChI is InChI=1S/C16H22N4O4S/c1-10-15(12(3)24-19-10)25(22,23)20-11(2)16(21)18-9-8-13-4-6-14(17)7-5-13/h4-7,11,20H,8-9,17H2,1-3H3,(H,18,21). The van der Waals surface area contributed by atoms with Crippen molar-refractivity contribution >= 4 is 21.6 Å². The number of aromatic nitrogens is 1. The van der Waals surface area contributed by atoms with Gasteiger partial charge in [0.05, 0.1) is 6.04 Å². The third-order valence-corrected chi connectivity index (χ3v) is 5.44. The van der Waals surface area contributed by atoms with E-state index < -0.39 is 22.0 Å². The van der Waals surface area contributed by atoms with Crippen molar-refractivity contribution in [1.29, 1.82) is 0 Å². The molecule has 136 valence electrons. The van der Waals surface area contributed by atoms with E-state index in [9.17, 15) is 13.2 Å². The number of nitrogen functional groups attached to an aromatic ring is 1. The van der Waals surface area contributed by atoms with Gasteiger partial charge in [0.1, 0.15) is 10.6 Å². The van der Waals surface area contributed by atoms with E-state index in [4.69, 9.17) is 10.3 Å². The van der Waals surface area contributed by atoms with Crippen LogP contribution in [0.4, 0.5) is 5.69 Å². The molecule has 0 radical (unpaired) electrons. The SMILES string of the molecule is Cc1noc(C)c1S(=O)(=O)NC(C)C(=O)NCCc1ccc(N)cc1. The van der Waals surface area contributed by atoms with E-state index in [0.717, 1.165) is 5.56 Å². The van der Waals surface area contributed by atoms with Crippen LogP contribution in [-0.2, 0) is 21.2 Å². The van der Waals surface area contributed by atoms with Gasteiger partial charge in [-0.25, -0.2) is 8.42 Å². The number of nitrogens with zero attached hydrogens (tertiary/aromatic N) is 1. The number of aryl methyl sites for hydroxylation is 2. The number of nitrogens with one attached hydrogen (secondary N) is 2. The Morgan fingerprint density at radius 1 is 1.28 bits per heavy atom. The van der Waals surface area contributed by atoms with Crippen LogP contribution in [0.15, 0.2) is 33.7 Å². The number of carbonyl (C=O) groups is 1. The van der Waals surface area contributed by atoms with Gasteiger partial charge in [0.2, 0.25) is 15.9 Å². The molecule has 9 heteroatoms. The normalized spacial score (nSPS) is 12.8. The van der Waals surface area contributed by atoms with E-state index in [1.54, 1.807) is 12.1 Å². The molecule has 0 aliphatic heterocycles. The monoisotopic (exact) mass is 366 g/mol. The summed E-state index contributed by atoms with van der Waals surface area (Å²) in [5.74, 6) is -0.230. The Labute approximate surface area is 146 Å². The second-order valence-corrected chi connectivity index (χ2v) is 7.43. The van der Waals surface area contributed by atoms with Gasteiger partial charge in [-0.1, -0.05) is 17.3 Å². The zero-order valence-corrected chi connectivity index (χ0v) is 15.2. The number of rotatable bonds is 7. The van der Waals surface area contributed by atoms with E-state index in [-0.39, 0.29) is 16.3 Å². The highest BCUT2D eigenvalue weighted by Crippen LogP contribution is 2.18. The maximum absolute atomic E-state index is 12.4. The number of hydrogen-bond donors (Lipinski definition) is 3. The van der Waals surface area contributed by atoms with E-state index in [1.807, 2.05) is 12.1 Å². The quantitative estimate of drug-likeness (QED) is 0.625. The van der Waals surface area contributed by atoms with Crippen molar-refractivity contribution < 1.29 is 17.7 Å². The van der Waals surface area contributed by atoms with E-state index in [2.05, 4.69) is 15.2 Å². The van der Waals surface area contributed by atoms with Gasteiger partial charge < -0.3 is 15.6 Å². The van der Waals surface area contributed by atoms with E-state index >= 15 is 0 Å². The molecule has 8 nitrogen and oxygen atoms in total. The summed E-state index contributed by atoms with van der Waals surface area (Å²) in [6, 6.07) is 6.41. The summed E-state index contributed by atoms with van der Waals surface area (Å²) in [6.07, 6.45) is 0.620. The summed E-state index contributed by atoms with van der Waals surface area (Å²) < 4.78 is 32.0. The molecule has 0 aliphatic rings. The Balaban J connectivity index is 1.90. The third kappa shape index (κ3) is 4.80. The molecule has 2 aromatic rings. The molecule has 0 aliphatic carbocycles. The molecule has 1 atom stereocenters. The highest BCUT2D eigenvalue weighted by molar-refractivity contribution is 7.89. The maximum atomic E-state index is 12.4. The average molecular weight is 366 g/mol. The van der Waals surface area contributed by atoms with Crippen molar-refractivity contribution in [2.24, 2.45) is 0 Å². The smallest absolute Gasteiger partial charge is 0.246 e. The summed E-state index contributed by atoms with van der Waals surface area (Å²) in [4.78, 5) is 12.1. The molecule has 1 aromatic carbocycles. The van der Waals surface area contributed by atoms with Crippen LogP contribution in [0.5, 0.6) is 0 Å². The summed E-state index contributed by atoms with van der Waals surface area (Å²) in [5.41, 5.74) is 7.57. The molecule has 0 saturated heterocycles. The molecule has 1 unspecified atom stereocenters. The lowest BCUT2D eigenvalue weighted by molar-refractivity contribution is -0.122. The minimum Gasteiger partial charge on any atom is -0.399 e. The van der Waals surface area contributed by atoms with E-state index in [0.29, 0.717) is 18.7 Å². The minimum atomic E-state index is -3.89. The van der Waals surface area contributed by atoms with Crippen molar-refractivity contribution in [3.63, 3.8) is 0 Å². The summed E-state index contributed by atoms with van der Waals surface area (Å²) >= 11 is 0. The Bertz CT molecular complexity index is 824. The van der Waals surface area contributed by atoms with Crippen molar-refractivity contribution in [2.45, 2.75) is 38.1 Å². The number of nitrogens with two attached hydrogens (primary N) is 1. The van der Waals surface area contributed by atoms with Crippen LogP contribution in [0.2, 0.25) is 0 Å². The topological polar surface area (TPSA) is 127 Å². The highest BCUT2D eigenvalue weighted by Gasteiger charge is 2.27. The van der Waals surface area contributed by atoms with Gasteiger partial charge in [0.15, 0.2) is 5.76 Å². The summed E-state index contributed by atoms with van der Waals surface area (Å²) in [5, 5.41) is 6.33. The fraction of sp³-hybridized carbons (Fsp3) is 0.375. The van der Waals surface area contributed by atoms with Gasteiger partial charge >= 0.3 is 0 Å². The number of hydrogen-bond acceptors (Lipinski definition) is 6. The Morgan fingerprint density at radius 3 is 2.48 bits per heavy atom. The van der Waals surface area contributed by atoms with Gasteiger partial charge in [-0.15, -0.1) is 0 Å². The first-order valence-corrected chi connectivity index (χ1v) is 9.26. The second-order valence-electron chi connectivity index (χ2n) is 5.78. The van der Waals surface area contributed by atoms with Crippen molar-refractivity contribution in [3.05, 3.63) is 41.3 Å². The van der Waals surface area contributed by atoms with Gasteiger partial charge in [0, 0.05) is 12.2 Å². The van der Waals surface area contributed by atoms with Crippen LogP contribution in [0, 0.1) is 13.8 Å². The molecule has 2 rings (SSSR count). The van der Waals surface area contributed by atoms with Gasteiger partial charge in [-0.05, 0) is 44.9 Å². The summed E-state index contributed by atoms with van der Waals surface area (Å²) in [6.45, 7) is 4.91. The molecule has 0 saturated carbocycles. The molecule has 0 spiro atoms. The predicted octanol–water partition coefficient (Wildman–Crippen LogP) is 0.899. The van der Waals surface area contributed by atoms with Crippen molar-refractivity contribution in [3.8, 4) is 0 Å². The van der Waals surface area contributed by atoms with Crippen LogP contribution in [0.25, 0.3) is 0 Å². The zero-order chi connectivity index (χ0) is 18.6. The van der Waals surface area contributed by atoms with Crippen molar-refractivity contribution in [1.82, 2.24) is 15.2 Å². The predicted molar refractivity (Wildman–Crippen MR) is 93.3 cm³/mol. The fourth-order valence-corrected chi connectivity index (χ4v) is 3.90. The lowest BCUT2D eigenvalue weighted by Gasteiger charge is -2.14. The van der Waals surface area contributed by atoms with Crippen LogP contribution in [0.3, 0.4) is 0 Å². The maximum Gasteiger partial charge on any atom is 0.246 e. The van der Waals surface area contributed by atoms with Crippen LogP contribution in [0.1, 0.15) is 23.9 Å². The minimum absolute atomic E-state index is 0.0333. The Morgan fingerprint density at radius 2 is 1.92 bits per heavy atom. The molecular formula is C16H22N4O4S. The van der Waals surface area contributed by atoms with Crippen LogP contribution >= 0.6 is 0 Å². The molecule has 1 aromatic heterocycles. The first kappa shape index (κ1) is 18.9.